The fourth-order valence-electron chi connectivity index (χ4n) is 2.27. The Kier molecular flexibility index (Phi) is 4.47. The number of aliphatic carboxylic acids is 1. The molecule has 2 atom stereocenters. The molecule has 2 rings (SSSR count). The highest BCUT2D eigenvalue weighted by Gasteiger charge is 2.33. The number of benzene rings is 1. The molecule has 1 fully saturated rings. The van der Waals surface area contributed by atoms with E-state index in [0.29, 0.717) is 30.0 Å². The molecule has 102 valence electrons. The molecule has 4 nitrogen and oxygen atoms in total. The zero-order chi connectivity index (χ0) is 14.0. The smallest absolute Gasteiger partial charge is 0.306 e. The second-order valence-corrected chi connectivity index (χ2v) is 5.98. The van der Waals surface area contributed by atoms with Crippen molar-refractivity contribution in [3.05, 3.63) is 27.7 Å². The number of hydrogen-bond acceptors (Lipinski definition) is 2. The van der Waals surface area contributed by atoms with E-state index in [-0.39, 0.29) is 11.8 Å². The summed E-state index contributed by atoms with van der Waals surface area (Å²) in [6.07, 6.45) is 1.56. The van der Waals surface area contributed by atoms with Crippen molar-refractivity contribution in [3.8, 4) is 0 Å². The van der Waals surface area contributed by atoms with E-state index in [1.165, 1.54) is 0 Å². The third kappa shape index (κ3) is 3.48. The summed E-state index contributed by atoms with van der Waals surface area (Å²) in [5, 5.41) is 12.1. The molecule has 2 unspecified atom stereocenters. The number of carboxylic acid groups (broad SMARTS) is 1. The van der Waals surface area contributed by atoms with Gasteiger partial charge in [0.2, 0.25) is 5.91 Å². The predicted molar refractivity (Wildman–Crippen MR) is 76.2 cm³/mol. The van der Waals surface area contributed by atoms with Gasteiger partial charge in [0, 0.05) is 10.4 Å². The SMILES string of the molecule is O=C(O)C1CCC(C(=O)Nc2cc(Br)ccc2Cl)C1. The van der Waals surface area contributed by atoms with Gasteiger partial charge in [0.1, 0.15) is 0 Å². The van der Waals surface area contributed by atoms with Crippen molar-refractivity contribution >= 4 is 45.1 Å². The van der Waals surface area contributed by atoms with Gasteiger partial charge < -0.3 is 10.4 Å². The topological polar surface area (TPSA) is 66.4 Å². The van der Waals surface area contributed by atoms with E-state index in [1.807, 2.05) is 0 Å². The van der Waals surface area contributed by atoms with Crippen LogP contribution in [0.25, 0.3) is 0 Å². The van der Waals surface area contributed by atoms with E-state index in [4.69, 9.17) is 16.7 Å². The lowest BCUT2D eigenvalue weighted by molar-refractivity contribution is -0.141. The zero-order valence-corrected chi connectivity index (χ0v) is 12.4. The molecule has 1 aromatic rings. The number of rotatable bonds is 3. The van der Waals surface area contributed by atoms with Crippen LogP contribution in [0.3, 0.4) is 0 Å². The second-order valence-electron chi connectivity index (χ2n) is 4.66. The average Bonchev–Trinajstić information content (AvgIpc) is 2.83. The van der Waals surface area contributed by atoms with Crippen molar-refractivity contribution in [2.45, 2.75) is 19.3 Å². The molecule has 2 N–H and O–H groups in total. The summed E-state index contributed by atoms with van der Waals surface area (Å²) in [5.41, 5.74) is 0.541. The highest BCUT2D eigenvalue weighted by Crippen LogP contribution is 2.33. The van der Waals surface area contributed by atoms with Crippen molar-refractivity contribution in [3.63, 3.8) is 0 Å². The van der Waals surface area contributed by atoms with Gasteiger partial charge in [-0.1, -0.05) is 27.5 Å². The molecule has 1 aromatic carbocycles. The van der Waals surface area contributed by atoms with Crippen LogP contribution in [-0.2, 0) is 9.59 Å². The highest BCUT2D eigenvalue weighted by molar-refractivity contribution is 9.10. The van der Waals surface area contributed by atoms with Crippen LogP contribution in [0.2, 0.25) is 5.02 Å². The molecule has 0 heterocycles. The number of anilines is 1. The maximum atomic E-state index is 12.1. The third-order valence-corrected chi connectivity index (χ3v) is 4.16. The van der Waals surface area contributed by atoms with Gasteiger partial charge in [-0.15, -0.1) is 0 Å². The normalized spacial score (nSPS) is 22.2. The molecule has 1 aliphatic rings. The molecule has 19 heavy (non-hydrogen) atoms. The summed E-state index contributed by atoms with van der Waals surface area (Å²) in [5.74, 6) is -1.65. The maximum Gasteiger partial charge on any atom is 0.306 e. The number of carboxylic acids is 1. The first-order valence-corrected chi connectivity index (χ1v) is 7.13. The first kappa shape index (κ1) is 14.3. The standard InChI is InChI=1S/C13H13BrClNO3/c14-9-3-4-10(15)11(6-9)16-12(17)7-1-2-8(5-7)13(18)19/h3-4,6-8H,1-2,5H2,(H,16,17)(H,18,19). The molecule has 0 bridgehead atoms. The van der Waals surface area contributed by atoms with Crippen LogP contribution in [0.5, 0.6) is 0 Å². The molecule has 0 aromatic heterocycles. The summed E-state index contributed by atoms with van der Waals surface area (Å²) >= 11 is 9.31. The summed E-state index contributed by atoms with van der Waals surface area (Å²) in [7, 11) is 0. The minimum absolute atomic E-state index is 0.163. The van der Waals surface area contributed by atoms with E-state index in [9.17, 15) is 9.59 Å². The summed E-state index contributed by atoms with van der Waals surface area (Å²) in [6, 6.07) is 5.20. The van der Waals surface area contributed by atoms with E-state index in [0.717, 1.165) is 4.47 Å². The van der Waals surface area contributed by atoms with Crippen LogP contribution >= 0.6 is 27.5 Å². The van der Waals surface area contributed by atoms with Gasteiger partial charge in [0.15, 0.2) is 0 Å². The van der Waals surface area contributed by atoms with Crippen LogP contribution in [0.1, 0.15) is 19.3 Å². The van der Waals surface area contributed by atoms with E-state index in [1.54, 1.807) is 18.2 Å². The summed E-state index contributed by atoms with van der Waals surface area (Å²) in [6.45, 7) is 0. The lowest BCUT2D eigenvalue weighted by atomic mass is 10.0. The molecule has 0 aliphatic heterocycles. The lowest BCUT2D eigenvalue weighted by Crippen LogP contribution is -2.21. The number of hydrogen-bond donors (Lipinski definition) is 2. The number of nitrogens with one attached hydrogen (secondary N) is 1. The van der Waals surface area contributed by atoms with Crippen LogP contribution in [0.4, 0.5) is 5.69 Å². The maximum absolute atomic E-state index is 12.1. The molecular formula is C13H13BrClNO3. The molecule has 6 heteroatoms. The quantitative estimate of drug-likeness (QED) is 0.879. The van der Waals surface area contributed by atoms with Crippen molar-refractivity contribution in [2.75, 3.05) is 5.32 Å². The minimum atomic E-state index is -0.823. The van der Waals surface area contributed by atoms with Gasteiger partial charge >= 0.3 is 5.97 Å². The molecular weight excluding hydrogens is 334 g/mol. The minimum Gasteiger partial charge on any atom is -0.481 e. The van der Waals surface area contributed by atoms with Crippen molar-refractivity contribution < 1.29 is 14.7 Å². The third-order valence-electron chi connectivity index (χ3n) is 3.34. The Morgan fingerprint density at radius 3 is 2.63 bits per heavy atom. The zero-order valence-electron chi connectivity index (χ0n) is 10.0. The fraction of sp³-hybridized carbons (Fsp3) is 0.385. The fourth-order valence-corrected chi connectivity index (χ4v) is 2.80. The monoisotopic (exact) mass is 345 g/mol. The second kappa shape index (κ2) is 5.92. The van der Waals surface area contributed by atoms with E-state index < -0.39 is 11.9 Å². The first-order valence-electron chi connectivity index (χ1n) is 5.96. The molecule has 0 radical (unpaired) electrons. The summed E-state index contributed by atoms with van der Waals surface area (Å²) in [4.78, 5) is 22.9. The molecule has 1 saturated carbocycles. The number of amides is 1. The van der Waals surface area contributed by atoms with Crippen LogP contribution in [-0.4, -0.2) is 17.0 Å². The largest absolute Gasteiger partial charge is 0.481 e. The predicted octanol–water partition coefficient (Wildman–Crippen LogP) is 3.54. The van der Waals surface area contributed by atoms with Crippen molar-refractivity contribution in [2.24, 2.45) is 11.8 Å². The number of halogens is 2. The van der Waals surface area contributed by atoms with Gasteiger partial charge in [0.05, 0.1) is 16.6 Å². The van der Waals surface area contributed by atoms with Crippen LogP contribution < -0.4 is 5.32 Å². The van der Waals surface area contributed by atoms with Gasteiger partial charge in [0.25, 0.3) is 0 Å². The van der Waals surface area contributed by atoms with Crippen molar-refractivity contribution in [1.82, 2.24) is 0 Å². The molecule has 0 spiro atoms. The Labute approximate surface area is 124 Å². The Hall–Kier alpha value is -1.07. The first-order chi connectivity index (χ1) is 8.97. The van der Waals surface area contributed by atoms with E-state index in [2.05, 4.69) is 21.2 Å². The average molecular weight is 347 g/mol. The van der Waals surface area contributed by atoms with Gasteiger partial charge in [-0.3, -0.25) is 9.59 Å². The molecule has 0 saturated heterocycles. The Morgan fingerprint density at radius 2 is 2.00 bits per heavy atom. The van der Waals surface area contributed by atoms with Gasteiger partial charge in [-0.2, -0.15) is 0 Å². The highest BCUT2D eigenvalue weighted by atomic mass is 79.9. The van der Waals surface area contributed by atoms with Crippen LogP contribution in [0, 0.1) is 11.8 Å². The molecule has 1 amide bonds. The summed E-state index contributed by atoms with van der Waals surface area (Å²) < 4.78 is 0.821. The Morgan fingerprint density at radius 1 is 1.32 bits per heavy atom. The van der Waals surface area contributed by atoms with Gasteiger partial charge in [-0.05, 0) is 37.5 Å². The van der Waals surface area contributed by atoms with Crippen LogP contribution in [0.15, 0.2) is 22.7 Å². The number of carbonyl (C=O) groups excluding carboxylic acids is 1. The van der Waals surface area contributed by atoms with Gasteiger partial charge in [-0.25, -0.2) is 0 Å². The Balaban J connectivity index is 2.02. The van der Waals surface area contributed by atoms with Crippen molar-refractivity contribution in [1.29, 1.82) is 0 Å². The lowest BCUT2D eigenvalue weighted by Gasteiger charge is -2.12. The number of carbonyl (C=O) groups is 2. The molecule has 1 aliphatic carbocycles. The van der Waals surface area contributed by atoms with E-state index >= 15 is 0 Å². The Bertz CT molecular complexity index is 521.